The molecule has 0 aromatic carbocycles. The molecule has 2 rings (SSSR count). The minimum atomic E-state index is -0.863. The van der Waals surface area contributed by atoms with Crippen LogP contribution in [0.4, 0.5) is 0 Å². The highest BCUT2D eigenvalue weighted by Crippen LogP contribution is 2.17. The van der Waals surface area contributed by atoms with E-state index in [0.717, 1.165) is 31.5 Å². The van der Waals surface area contributed by atoms with Crippen LogP contribution in [0.2, 0.25) is 0 Å². The minimum absolute atomic E-state index is 0. The predicted molar refractivity (Wildman–Crippen MR) is 49.4 cm³/mol. The summed E-state index contributed by atoms with van der Waals surface area (Å²) in [6.07, 6.45) is 4.48. The summed E-state index contributed by atoms with van der Waals surface area (Å²) in [5.74, 6) is -0.863. The Balaban J connectivity index is 0.000000845. The Morgan fingerprint density at radius 3 is 3.00 bits per heavy atom. The molecule has 0 saturated carbocycles. The molecule has 1 aliphatic rings. The highest BCUT2D eigenvalue weighted by atomic mass is 35.5. The topological polar surface area (TPSA) is 55.1 Å². The molecule has 0 fully saturated rings. The van der Waals surface area contributed by atoms with Crippen LogP contribution in [0, 0.1) is 0 Å². The van der Waals surface area contributed by atoms with Crippen LogP contribution in [0.15, 0.2) is 6.20 Å². The van der Waals surface area contributed by atoms with Gasteiger partial charge in [0.2, 0.25) is 0 Å². The number of rotatable bonds is 1. The van der Waals surface area contributed by atoms with Crippen LogP contribution < -0.4 is 0 Å². The molecular weight excluding hydrogens is 192 g/mol. The zero-order valence-electron chi connectivity index (χ0n) is 7.06. The highest BCUT2D eigenvalue weighted by molar-refractivity contribution is 5.88. The van der Waals surface area contributed by atoms with Gasteiger partial charge in [0.1, 0.15) is 5.56 Å². The fraction of sp³-hybridized carbons (Fsp3) is 0.500. The van der Waals surface area contributed by atoms with Crippen LogP contribution in [0.5, 0.6) is 0 Å². The minimum Gasteiger partial charge on any atom is -0.478 e. The summed E-state index contributed by atoms with van der Waals surface area (Å²) in [4.78, 5) is 10.7. The maximum atomic E-state index is 10.7. The van der Waals surface area contributed by atoms with Crippen molar-refractivity contribution in [2.75, 3.05) is 0 Å². The number of carbonyl (C=O) groups is 1. The number of carboxylic acid groups (broad SMARTS) is 1. The molecule has 0 radical (unpaired) electrons. The van der Waals surface area contributed by atoms with Crippen molar-refractivity contribution in [1.82, 2.24) is 9.78 Å². The number of carboxylic acids is 1. The normalized spacial score (nSPS) is 14.5. The SMILES string of the molecule is Cl.O=C(O)c1cnn2c1CCCC2. The third-order valence-electron chi connectivity index (χ3n) is 2.21. The van der Waals surface area contributed by atoms with Crippen molar-refractivity contribution in [2.45, 2.75) is 25.8 Å². The highest BCUT2D eigenvalue weighted by Gasteiger charge is 2.18. The molecule has 72 valence electrons. The average molecular weight is 203 g/mol. The Morgan fingerprint density at radius 2 is 2.31 bits per heavy atom. The molecule has 0 saturated heterocycles. The van der Waals surface area contributed by atoms with Gasteiger partial charge in [-0.05, 0) is 19.3 Å². The van der Waals surface area contributed by atoms with Crippen LogP contribution >= 0.6 is 12.4 Å². The predicted octanol–water partition coefficient (Wildman–Crippen LogP) is 1.34. The molecule has 0 spiro atoms. The van der Waals surface area contributed by atoms with E-state index in [0.29, 0.717) is 5.56 Å². The third kappa shape index (κ3) is 1.67. The van der Waals surface area contributed by atoms with Crippen LogP contribution in [0.25, 0.3) is 0 Å². The van der Waals surface area contributed by atoms with Gasteiger partial charge in [0, 0.05) is 6.54 Å². The Morgan fingerprint density at radius 1 is 1.54 bits per heavy atom. The third-order valence-corrected chi connectivity index (χ3v) is 2.21. The number of aromatic nitrogens is 2. The first kappa shape index (κ1) is 10.1. The Labute approximate surface area is 82.0 Å². The summed E-state index contributed by atoms with van der Waals surface area (Å²) in [6.45, 7) is 0.864. The lowest BCUT2D eigenvalue weighted by Crippen LogP contribution is -2.13. The van der Waals surface area contributed by atoms with E-state index in [-0.39, 0.29) is 12.4 Å². The molecule has 4 nitrogen and oxygen atoms in total. The Hall–Kier alpha value is -1.03. The molecule has 2 heterocycles. The van der Waals surface area contributed by atoms with Crippen molar-refractivity contribution >= 4 is 18.4 Å². The molecule has 1 aromatic rings. The molecule has 0 atom stereocenters. The number of nitrogens with zero attached hydrogens (tertiary/aromatic N) is 2. The van der Waals surface area contributed by atoms with Gasteiger partial charge in [-0.15, -0.1) is 12.4 Å². The zero-order chi connectivity index (χ0) is 8.55. The molecular formula is C8H11ClN2O2. The summed E-state index contributed by atoms with van der Waals surface area (Å²) in [6, 6.07) is 0. The lowest BCUT2D eigenvalue weighted by Gasteiger charge is -2.13. The van der Waals surface area contributed by atoms with Crippen molar-refractivity contribution < 1.29 is 9.90 Å². The standard InChI is InChI=1S/C8H10N2O2.ClH/c11-8(12)6-5-9-10-4-2-1-3-7(6)10;/h5H,1-4H2,(H,11,12);1H. The fourth-order valence-corrected chi connectivity index (χ4v) is 1.60. The van der Waals surface area contributed by atoms with Gasteiger partial charge in [-0.3, -0.25) is 4.68 Å². The van der Waals surface area contributed by atoms with E-state index < -0.39 is 5.97 Å². The average Bonchev–Trinajstić information content (AvgIpc) is 2.47. The lowest BCUT2D eigenvalue weighted by molar-refractivity contribution is 0.0695. The first-order valence-electron chi connectivity index (χ1n) is 4.07. The second-order valence-electron chi connectivity index (χ2n) is 2.99. The van der Waals surface area contributed by atoms with Gasteiger partial charge in [0.25, 0.3) is 0 Å². The van der Waals surface area contributed by atoms with E-state index in [4.69, 9.17) is 5.11 Å². The molecule has 1 N–H and O–H groups in total. The number of hydrogen-bond acceptors (Lipinski definition) is 2. The number of fused-ring (bicyclic) bond motifs is 1. The quantitative estimate of drug-likeness (QED) is 0.748. The molecule has 0 unspecified atom stereocenters. The molecule has 0 aliphatic carbocycles. The van der Waals surface area contributed by atoms with Gasteiger partial charge >= 0.3 is 5.97 Å². The summed E-state index contributed by atoms with van der Waals surface area (Å²) < 4.78 is 1.80. The summed E-state index contributed by atoms with van der Waals surface area (Å²) in [5, 5.41) is 12.8. The summed E-state index contributed by atoms with van der Waals surface area (Å²) in [7, 11) is 0. The van der Waals surface area contributed by atoms with Gasteiger partial charge in [-0.25, -0.2) is 4.79 Å². The number of aromatic carboxylic acids is 1. The fourth-order valence-electron chi connectivity index (χ4n) is 1.60. The Bertz CT molecular complexity index is 322. The largest absolute Gasteiger partial charge is 0.478 e. The van der Waals surface area contributed by atoms with Crippen molar-refractivity contribution in [3.8, 4) is 0 Å². The van der Waals surface area contributed by atoms with Crippen molar-refractivity contribution in [1.29, 1.82) is 0 Å². The van der Waals surface area contributed by atoms with Crippen LogP contribution in [0.3, 0.4) is 0 Å². The smallest absolute Gasteiger partial charge is 0.339 e. The molecule has 1 aromatic heterocycles. The van der Waals surface area contributed by atoms with E-state index in [9.17, 15) is 4.79 Å². The van der Waals surface area contributed by atoms with Crippen LogP contribution in [-0.4, -0.2) is 20.9 Å². The van der Waals surface area contributed by atoms with Crippen molar-refractivity contribution in [3.63, 3.8) is 0 Å². The molecule has 0 bridgehead atoms. The number of hydrogen-bond donors (Lipinski definition) is 1. The van der Waals surface area contributed by atoms with Crippen molar-refractivity contribution in [2.24, 2.45) is 0 Å². The van der Waals surface area contributed by atoms with E-state index in [2.05, 4.69) is 5.10 Å². The van der Waals surface area contributed by atoms with Gasteiger partial charge in [0.15, 0.2) is 0 Å². The van der Waals surface area contributed by atoms with E-state index >= 15 is 0 Å². The summed E-state index contributed by atoms with van der Waals surface area (Å²) in [5.41, 5.74) is 1.25. The van der Waals surface area contributed by atoms with Crippen LogP contribution in [-0.2, 0) is 13.0 Å². The number of halogens is 1. The van der Waals surface area contributed by atoms with Gasteiger partial charge in [-0.1, -0.05) is 0 Å². The molecule has 5 heteroatoms. The van der Waals surface area contributed by atoms with E-state index in [1.165, 1.54) is 6.20 Å². The first-order chi connectivity index (χ1) is 5.79. The second-order valence-corrected chi connectivity index (χ2v) is 2.99. The van der Waals surface area contributed by atoms with Gasteiger partial charge < -0.3 is 5.11 Å². The monoisotopic (exact) mass is 202 g/mol. The van der Waals surface area contributed by atoms with Crippen molar-refractivity contribution in [3.05, 3.63) is 17.5 Å². The zero-order valence-corrected chi connectivity index (χ0v) is 7.88. The molecule has 13 heavy (non-hydrogen) atoms. The maximum Gasteiger partial charge on any atom is 0.339 e. The second kappa shape index (κ2) is 3.79. The van der Waals surface area contributed by atoms with Gasteiger partial charge in [0.05, 0.1) is 11.9 Å². The number of aryl methyl sites for hydroxylation is 1. The lowest BCUT2D eigenvalue weighted by atomic mass is 10.1. The first-order valence-corrected chi connectivity index (χ1v) is 4.07. The van der Waals surface area contributed by atoms with E-state index in [1.807, 2.05) is 0 Å². The molecule has 1 aliphatic heterocycles. The summed E-state index contributed by atoms with van der Waals surface area (Å²) >= 11 is 0. The van der Waals surface area contributed by atoms with Gasteiger partial charge in [-0.2, -0.15) is 5.10 Å². The van der Waals surface area contributed by atoms with Crippen LogP contribution in [0.1, 0.15) is 28.9 Å². The Kier molecular flexibility index (Phi) is 2.93. The molecule has 0 amide bonds. The maximum absolute atomic E-state index is 10.7. The van der Waals surface area contributed by atoms with E-state index in [1.54, 1.807) is 4.68 Å².